The molecule has 0 unspecified atom stereocenters. The van der Waals surface area contributed by atoms with E-state index in [2.05, 4.69) is 21.2 Å². The number of nitrogens with one attached hydrogen (secondary N) is 1. The molecule has 2 aromatic rings. The molecular formula is C21H24FN3O3. The SMILES string of the molecule is O=C(CN1CCN(Cc2ccc3c(c2)OCO3)CC1)NCc1ccccc1F. The van der Waals surface area contributed by atoms with Gasteiger partial charge < -0.3 is 14.8 Å². The highest BCUT2D eigenvalue weighted by Crippen LogP contribution is 2.32. The second-order valence-electron chi connectivity index (χ2n) is 7.11. The molecule has 4 rings (SSSR count). The van der Waals surface area contributed by atoms with Crippen molar-refractivity contribution in [3.05, 3.63) is 59.4 Å². The number of hydrogen-bond donors (Lipinski definition) is 1. The van der Waals surface area contributed by atoms with Crippen LogP contribution < -0.4 is 14.8 Å². The quantitative estimate of drug-likeness (QED) is 0.824. The van der Waals surface area contributed by atoms with Crippen LogP contribution >= 0.6 is 0 Å². The molecule has 1 fully saturated rings. The van der Waals surface area contributed by atoms with Crippen molar-refractivity contribution in [2.45, 2.75) is 13.1 Å². The summed E-state index contributed by atoms with van der Waals surface area (Å²) in [6.07, 6.45) is 0. The van der Waals surface area contributed by atoms with Crippen LogP contribution in [0.4, 0.5) is 4.39 Å². The summed E-state index contributed by atoms with van der Waals surface area (Å²) in [5.74, 6) is 1.24. The summed E-state index contributed by atoms with van der Waals surface area (Å²) < 4.78 is 24.4. The standard InChI is InChI=1S/C21H24FN3O3/c22-18-4-2-1-3-17(18)12-23-21(26)14-25-9-7-24(8-10-25)13-16-5-6-19-20(11-16)28-15-27-19/h1-6,11H,7-10,12-15H2,(H,23,26). The fourth-order valence-electron chi connectivity index (χ4n) is 3.50. The molecule has 28 heavy (non-hydrogen) atoms. The van der Waals surface area contributed by atoms with Crippen molar-refractivity contribution in [1.29, 1.82) is 0 Å². The molecule has 0 atom stereocenters. The Morgan fingerprint density at radius 3 is 2.57 bits per heavy atom. The fraction of sp³-hybridized carbons (Fsp3) is 0.381. The molecule has 0 spiro atoms. The van der Waals surface area contributed by atoms with E-state index in [1.165, 1.54) is 11.6 Å². The van der Waals surface area contributed by atoms with Crippen LogP contribution in [0.15, 0.2) is 42.5 Å². The molecule has 7 heteroatoms. The summed E-state index contributed by atoms with van der Waals surface area (Å²) in [5, 5.41) is 2.80. The summed E-state index contributed by atoms with van der Waals surface area (Å²) in [5.41, 5.74) is 1.70. The molecule has 148 valence electrons. The number of amides is 1. The molecule has 1 amide bonds. The molecule has 2 aliphatic rings. The van der Waals surface area contributed by atoms with Gasteiger partial charge in [0.2, 0.25) is 12.7 Å². The van der Waals surface area contributed by atoms with Crippen molar-refractivity contribution in [1.82, 2.24) is 15.1 Å². The number of fused-ring (bicyclic) bond motifs is 1. The lowest BCUT2D eigenvalue weighted by atomic mass is 10.1. The molecule has 0 saturated carbocycles. The molecule has 0 bridgehead atoms. The van der Waals surface area contributed by atoms with Crippen molar-refractivity contribution in [2.24, 2.45) is 0 Å². The molecular weight excluding hydrogens is 361 g/mol. The molecule has 2 heterocycles. The lowest BCUT2D eigenvalue weighted by Gasteiger charge is -2.34. The highest BCUT2D eigenvalue weighted by Gasteiger charge is 2.20. The van der Waals surface area contributed by atoms with Gasteiger partial charge in [-0.25, -0.2) is 4.39 Å². The predicted molar refractivity (Wildman–Crippen MR) is 103 cm³/mol. The van der Waals surface area contributed by atoms with E-state index in [1.54, 1.807) is 18.2 Å². The Morgan fingerprint density at radius 1 is 1.00 bits per heavy atom. The zero-order valence-corrected chi connectivity index (χ0v) is 15.7. The molecule has 0 aliphatic carbocycles. The minimum Gasteiger partial charge on any atom is -0.454 e. The number of rotatable bonds is 6. The van der Waals surface area contributed by atoms with Gasteiger partial charge in [-0.15, -0.1) is 0 Å². The highest BCUT2D eigenvalue weighted by atomic mass is 19.1. The Balaban J connectivity index is 1.20. The van der Waals surface area contributed by atoms with Gasteiger partial charge in [0.1, 0.15) is 5.82 Å². The van der Waals surface area contributed by atoms with Crippen molar-refractivity contribution >= 4 is 5.91 Å². The average Bonchev–Trinajstić information content (AvgIpc) is 3.17. The lowest BCUT2D eigenvalue weighted by Crippen LogP contribution is -2.49. The van der Waals surface area contributed by atoms with Gasteiger partial charge in [-0.3, -0.25) is 14.6 Å². The van der Waals surface area contributed by atoms with Crippen LogP contribution in [0.2, 0.25) is 0 Å². The van der Waals surface area contributed by atoms with E-state index in [0.717, 1.165) is 44.2 Å². The van der Waals surface area contributed by atoms with E-state index < -0.39 is 0 Å². The first-order valence-electron chi connectivity index (χ1n) is 9.51. The number of carbonyl (C=O) groups excluding carboxylic acids is 1. The largest absolute Gasteiger partial charge is 0.454 e. The minimum absolute atomic E-state index is 0.0764. The van der Waals surface area contributed by atoms with Gasteiger partial charge in [0.25, 0.3) is 0 Å². The van der Waals surface area contributed by atoms with Crippen molar-refractivity contribution in [3.8, 4) is 11.5 Å². The maximum Gasteiger partial charge on any atom is 0.234 e. The van der Waals surface area contributed by atoms with Gasteiger partial charge in [0.05, 0.1) is 6.54 Å². The molecule has 6 nitrogen and oxygen atoms in total. The monoisotopic (exact) mass is 385 g/mol. The van der Waals surface area contributed by atoms with Gasteiger partial charge in [0, 0.05) is 44.8 Å². The average molecular weight is 385 g/mol. The second-order valence-corrected chi connectivity index (χ2v) is 7.11. The Kier molecular flexibility index (Phi) is 5.73. The van der Waals surface area contributed by atoms with Crippen LogP contribution in [-0.2, 0) is 17.9 Å². The van der Waals surface area contributed by atoms with Gasteiger partial charge in [-0.05, 0) is 23.8 Å². The first-order valence-corrected chi connectivity index (χ1v) is 9.51. The smallest absolute Gasteiger partial charge is 0.234 e. The van der Waals surface area contributed by atoms with E-state index in [4.69, 9.17) is 9.47 Å². The van der Waals surface area contributed by atoms with Crippen LogP contribution in [0.5, 0.6) is 11.5 Å². The Hall–Kier alpha value is -2.64. The lowest BCUT2D eigenvalue weighted by molar-refractivity contribution is -0.122. The number of hydrogen-bond acceptors (Lipinski definition) is 5. The van der Waals surface area contributed by atoms with Gasteiger partial charge in [-0.1, -0.05) is 24.3 Å². The summed E-state index contributed by atoms with van der Waals surface area (Å²) in [4.78, 5) is 16.7. The van der Waals surface area contributed by atoms with Gasteiger partial charge >= 0.3 is 0 Å². The van der Waals surface area contributed by atoms with Crippen LogP contribution in [-0.4, -0.2) is 55.2 Å². The minimum atomic E-state index is -0.292. The van der Waals surface area contributed by atoms with Crippen LogP contribution in [0.1, 0.15) is 11.1 Å². The Labute approximate surface area is 163 Å². The number of ether oxygens (including phenoxy) is 2. The third-order valence-electron chi connectivity index (χ3n) is 5.11. The Bertz CT molecular complexity index is 837. The maximum absolute atomic E-state index is 13.6. The van der Waals surface area contributed by atoms with E-state index in [9.17, 15) is 9.18 Å². The van der Waals surface area contributed by atoms with Gasteiger partial charge in [-0.2, -0.15) is 0 Å². The molecule has 0 radical (unpaired) electrons. The summed E-state index contributed by atoms with van der Waals surface area (Å²) in [6, 6.07) is 12.5. The number of halogens is 1. The molecule has 2 aromatic carbocycles. The summed E-state index contributed by atoms with van der Waals surface area (Å²) in [6.45, 7) is 5.15. The summed E-state index contributed by atoms with van der Waals surface area (Å²) >= 11 is 0. The molecule has 0 aromatic heterocycles. The predicted octanol–water partition coefficient (Wildman–Crippen LogP) is 1.99. The normalized spacial score (nSPS) is 16.9. The third-order valence-corrected chi connectivity index (χ3v) is 5.11. The van der Waals surface area contributed by atoms with Crippen LogP contribution in [0.3, 0.4) is 0 Å². The van der Waals surface area contributed by atoms with Crippen molar-refractivity contribution in [3.63, 3.8) is 0 Å². The topological polar surface area (TPSA) is 54.0 Å². The zero-order valence-electron chi connectivity index (χ0n) is 15.7. The van der Waals surface area contributed by atoms with Crippen molar-refractivity contribution < 1.29 is 18.7 Å². The van der Waals surface area contributed by atoms with Crippen molar-refractivity contribution in [2.75, 3.05) is 39.5 Å². The van der Waals surface area contributed by atoms with Crippen LogP contribution in [0.25, 0.3) is 0 Å². The number of piperazine rings is 1. The number of nitrogens with zero attached hydrogens (tertiary/aromatic N) is 2. The number of carbonyl (C=O) groups is 1. The number of benzene rings is 2. The molecule has 2 aliphatic heterocycles. The van der Waals surface area contributed by atoms with E-state index in [0.29, 0.717) is 12.1 Å². The van der Waals surface area contributed by atoms with E-state index in [1.807, 2.05) is 12.1 Å². The Morgan fingerprint density at radius 2 is 1.75 bits per heavy atom. The first-order chi connectivity index (χ1) is 13.7. The van der Waals surface area contributed by atoms with E-state index >= 15 is 0 Å². The van der Waals surface area contributed by atoms with E-state index in [-0.39, 0.29) is 25.1 Å². The van der Waals surface area contributed by atoms with Crippen LogP contribution in [0, 0.1) is 5.82 Å². The zero-order chi connectivity index (χ0) is 19.3. The third kappa shape index (κ3) is 4.61. The van der Waals surface area contributed by atoms with Gasteiger partial charge in [0.15, 0.2) is 11.5 Å². The molecule has 1 N–H and O–H groups in total. The second kappa shape index (κ2) is 8.58. The summed E-state index contributed by atoms with van der Waals surface area (Å²) in [7, 11) is 0. The fourth-order valence-corrected chi connectivity index (χ4v) is 3.50. The maximum atomic E-state index is 13.6. The highest BCUT2D eigenvalue weighted by molar-refractivity contribution is 5.78. The first kappa shape index (κ1) is 18.7. The molecule has 1 saturated heterocycles.